The van der Waals surface area contributed by atoms with Crippen molar-refractivity contribution >= 4 is 5.91 Å². The molecule has 1 aromatic heterocycles. The summed E-state index contributed by atoms with van der Waals surface area (Å²) in [7, 11) is 0. The fraction of sp³-hybridized carbons (Fsp3) is 0.500. The lowest BCUT2D eigenvalue weighted by Gasteiger charge is -2.05. The third-order valence-electron chi connectivity index (χ3n) is 1.96. The van der Waals surface area contributed by atoms with Gasteiger partial charge in [-0.2, -0.15) is 18.3 Å². The minimum Gasteiger partial charge on any atom is -0.370 e. The minimum absolute atomic E-state index is 0.00120. The molecule has 1 aromatic rings. The molecule has 7 heteroatoms. The van der Waals surface area contributed by atoms with E-state index in [1.807, 2.05) is 0 Å². The molecule has 0 saturated carbocycles. The van der Waals surface area contributed by atoms with Crippen molar-refractivity contribution in [2.75, 3.05) is 0 Å². The summed E-state index contributed by atoms with van der Waals surface area (Å²) in [6, 6.07) is 0. The van der Waals surface area contributed by atoms with Crippen LogP contribution in [0.25, 0.3) is 0 Å². The van der Waals surface area contributed by atoms with Gasteiger partial charge in [0.05, 0.1) is 0 Å². The standard InChI is InChI=1S/C8H10F3N3O/c1-4-5(2-3-6(12)15)7(14-13-4)8(9,10)11/h2-3H2,1H3,(H2,12,15)(H,13,14). The van der Waals surface area contributed by atoms with Gasteiger partial charge in [0.1, 0.15) is 0 Å². The predicted molar refractivity (Wildman–Crippen MR) is 45.8 cm³/mol. The van der Waals surface area contributed by atoms with E-state index in [0.29, 0.717) is 5.69 Å². The quantitative estimate of drug-likeness (QED) is 0.803. The van der Waals surface area contributed by atoms with Crippen LogP contribution in [-0.4, -0.2) is 16.1 Å². The maximum atomic E-state index is 12.4. The van der Waals surface area contributed by atoms with Crippen LogP contribution in [0.15, 0.2) is 0 Å². The monoisotopic (exact) mass is 221 g/mol. The highest BCUT2D eigenvalue weighted by Gasteiger charge is 2.37. The average Bonchev–Trinajstić information content (AvgIpc) is 2.42. The van der Waals surface area contributed by atoms with E-state index in [1.54, 1.807) is 0 Å². The number of alkyl halides is 3. The van der Waals surface area contributed by atoms with Gasteiger partial charge in [0.25, 0.3) is 0 Å². The molecule has 1 heterocycles. The van der Waals surface area contributed by atoms with Gasteiger partial charge in [-0.1, -0.05) is 0 Å². The highest BCUT2D eigenvalue weighted by Crippen LogP contribution is 2.31. The molecule has 0 radical (unpaired) electrons. The van der Waals surface area contributed by atoms with Crippen LogP contribution < -0.4 is 5.73 Å². The summed E-state index contributed by atoms with van der Waals surface area (Å²) in [5.74, 6) is -0.635. The maximum Gasteiger partial charge on any atom is 0.435 e. The van der Waals surface area contributed by atoms with E-state index in [1.165, 1.54) is 6.92 Å². The normalized spacial score (nSPS) is 11.7. The summed E-state index contributed by atoms with van der Waals surface area (Å²) in [5, 5.41) is 5.41. The third kappa shape index (κ3) is 2.71. The van der Waals surface area contributed by atoms with Gasteiger partial charge in [-0.25, -0.2) is 0 Å². The van der Waals surface area contributed by atoms with Gasteiger partial charge in [-0.3, -0.25) is 9.89 Å². The van der Waals surface area contributed by atoms with Crippen LogP contribution >= 0.6 is 0 Å². The topological polar surface area (TPSA) is 71.8 Å². The van der Waals surface area contributed by atoms with E-state index in [2.05, 4.69) is 10.2 Å². The molecule has 0 aliphatic heterocycles. The lowest BCUT2D eigenvalue weighted by Crippen LogP contribution is -2.14. The molecule has 0 spiro atoms. The summed E-state index contributed by atoms with van der Waals surface area (Å²) in [5.41, 5.74) is 4.21. The zero-order valence-electron chi connectivity index (χ0n) is 7.98. The number of H-pyrrole nitrogens is 1. The van der Waals surface area contributed by atoms with Crippen molar-refractivity contribution in [1.29, 1.82) is 0 Å². The summed E-state index contributed by atoms with van der Waals surface area (Å²) in [4.78, 5) is 10.5. The molecule has 1 amide bonds. The molecule has 84 valence electrons. The first-order valence-corrected chi connectivity index (χ1v) is 4.21. The third-order valence-corrected chi connectivity index (χ3v) is 1.96. The second kappa shape index (κ2) is 3.92. The van der Waals surface area contributed by atoms with Crippen molar-refractivity contribution in [3.05, 3.63) is 17.0 Å². The first-order chi connectivity index (χ1) is 6.82. The Labute approximate surface area is 83.7 Å². The Morgan fingerprint density at radius 1 is 1.53 bits per heavy atom. The van der Waals surface area contributed by atoms with Gasteiger partial charge in [-0.05, 0) is 13.3 Å². The molecule has 3 N–H and O–H groups in total. The Kier molecular flexibility index (Phi) is 3.01. The minimum atomic E-state index is -4.50. The van der Waals surface area contributed by atoms with E-state index >= 15 is 0 Å². The van der Waals surface area contributed by atoms with Crippen LogP contribution in [0.1, 0.15) is 23.4 Å². The van der Waals surface area contributed by atoms with Crippen molar-refractivity contribution in [1.82, 2.24) is 10.2 Å². The summed E-state index contributed by atoms with van der Waals surface area (Å²) in [6.45, 7) is 1.47. The van der Waals surface area contributed by atoms with Crippen LogP contribution in [-0.2, 0) is 17.4 Å². The molecular formula is C8H10F3N3O. The Morgan fingerprint density at radius 2 is 2.13 bits per heavy atom. The SMILES string of the molecule is Cc1[nH]nc(C(F)(F)F)c1CCC(N)=O. The lowest BCUT2D eigenvalue weighted by atomic mass is 10.1. The Hall–Kier alpha value is -1.53. The molecule has 0 aromatic carbocycles. The van der Waals surface area contributed by atoms with Gasteiger partial charge >= 0.3 is 6.18 Å². The molecule has 0 fully saturated rings. The fourth-order valence-electron chi connectivity index (χ4n) is 1.24. The van der Waals surface area contributed by atoms with Gasteiger partial charge < -0.3 is 5.73 Å². The molecule has 4 nitrogen and oxygen atoms in total. The molecule has 0 aliphatic rings. The van der Waals surface area contributed by atoms with E-state index in [-0.39, 0.29) is 18.4 Å². The van der Waals surface area contributed by atoms with E-state index in [9.17, 15) is 18.0 Å². The fourth-order valence-corrected chi connectivity index (χ4v) is 1.24. The number of hydrogen-bond donors (Lipinski definition) is 2. The maximum absolute atomic E-state index is 12.4. The average molecular weight is 221 g/mol. The molecule has 15 heavy (non-hydrogen) atoms. The number of aromatic nitrogens is 2. The first kappa shape index (κ1) is 11.5. The Morgan fingerprint density at radius 3 is 2.60 bits per heavy atom. The second-order valence-electron chi connectivity index (χ2n) is 3.14. The first-order valence-electron chi connectivity index (χ1n) is 4.21. The molecular weight excluding hydrogens is 211 g/mol. The molecule has 0 unspecified atom stereocenters. The van der Waals surface area contributed by atoms with Gasteiger partial charge in [-0.15, -0.1) is 0 Å². The number of halogens is 3. The van der Waals surface area contributed by atoms with Crippen molar-refractivity contribution in [3.63, 3.8) is 0 Å². The zero-order chi connectivity index (χ0) is 11.6. The number of hydrogen-bond acceptors (Lipinski definition) is 2. The zero-order valence-corrected chi connectivity index (χ0v) is 7.98. The number of carbonyl (C=O) groups excluding carboxylic acids is 1. The van der Waals surface area contributed by atoms with Crippen LogP contribution in [0, 0.1) is 6.92 Å². The van der Waals surface area contributed by atoms with Crippen molar-refractivity contribution < 1.29 is 18.0 Å². The number of primary amides is 1. The molecule has 1 rings (SSSR count). The van der Waals surface area contributed by atoms with Crippen molar-refractivity contribution in [2.45, 2.75) is 25.9 Å². The number of nitrogens with one attached hydrogen (secondary N) is 1. The van der Waals surface area contributed by atoms with Crippen molar-refractivity contribution in [2.24, 2.45) is 5.73 Å². The highest BCUT2D eigenvalue weighted by atomic mass is 19.4. The molecule has 0 aliphatic carbocycles. The number of aromatic amines is 1. The van der Waals surface area contributed by atoms with Crippen LogP contribution in [0.4, 0.5) is 13.2 Å². The summed E-state index contributed by atoms with van der Waals surface area (Å²) in [6.07, 6.45) is -4.67. The van der Waals surface area contributed by atoms with Gasteiger partial charge in [0, 0.05) is 17.7 Å². The molecule has 0 saturated heterocycles. The van der Waals surface area contributed by atoms with Crippen LogP contribution in [0.5, 0.6) is 0 Å². The largest absolute Gasteiger partial charge is 0.435 e. The van der Waals surface area contributed by atoms with Crippen LogP contribution in [0.2, 0.25) is 0 Å². The van der Waals surface area contributed by atoms with E-state index < -0.39 is 17.8 Å². The number of aryl methyl sites for hydroxylation is 1. The van der Waals surface area contributed by atoms with Gasteiger partial charge in [0.2, 0.25) is 5.91 Å². The van der Waals surface area contributed by atoms with E-state index in [4.69, 9.17) is 5.73 Å². The number of nitrogens with zero attached hydrogens (tertiary/aromatic N) is 1. The smallest absolute Gasteiger partial charge is 0.370 e. The molecule has 0 atom stereocenters. The van der Waals surface area contributed by atoms with E-state index in [0.717, 1.165) is 0 Å². The number of nitrogens with two attached hydrogens (primary N) is 1. The highest BCUT2D eigenvalue weighted by molar-refractivity contribution is 5.74. The number of carbonyl (C=O) groups is 1. The number of amides is 1. The molecule has 0 bridgehead atoms. The summed E-state index contributed by atoms with van der Waals surface area (Å²) < 4.78 is 37.2. The predicted octanol–water partition coefficient (Wildman–Crippen LogP) is 1.15. The second-order valence-corrected chi connectivity index (χ2v) is 3.14. The Bertz CT molecular complexity index is 370. The van der Waals surface area contributed by atoms with Crippen LogP contribution in [0.3, 0.4) is 0 Å². The summed E-state index contributed by atoms with van der Waals surface area (Å²) >= 11 is 0. The lowest BCUT2D eigenvalue weighted by molar-refractivity contribution is -0.142. The Balaban J connectivity index is 2.95. The van der Waals surface area contributed by atoms with Crippen molar-refractivity contribution in [3.8, 4) is 0 Å². The van der Waals surface area contributed by atoms with Gasteiger partial charge in [0.15, 0.2) is 5.69 Å². The number of rotatable bonds is 3.